The summed E-state index contributed by atoms with van der Waals surface area (Å²) in [5.41, 5.74) is 1.02. The number of nitro groups is 1. The van der Waals surface area contributed by atoms with Gasteiger partial charge < -0.3 is 0 Å². The molecule has 0 spiro atoms. The van der Waals surface area contributed by atoms with Crippen LogP contribution >= 0.6 is 0 Å². The molecule has 0 amide bonds. The van der Waals surface area contributed by atoms with Crippen LogP contribution in [0.3, 0.4) is 0 Å². The minimum absolute atomic E-state index is 0.0901. The number of hydrogen-bond acceptors (Lipinski definition) is 7. The van der Waals surface area contributed by atoms with Crippen LogP contribution in [0, 0.1) is 10.1 Å². The summed E-state index contributed by atoms with van der Waals surface area (Å²) in [5.74, 6) is 0.347. The Balaban J connectivity index is 1.81. The number of benzene rings is 4. The van der Waals surface area contributed by atoms with Gasteiger partial charge in [-0.15, -0.1) is 0 Å². The Hall–Kier alpha value is -4.18. The van der Waals surface area contributed by atoms with Crippen molar-refractivity contribution in [3.8, 4) is 11.5 Å². The zero-order valence-electron chi connectivity index (χ0n) is 19.2. The molecule has 4 aromatic carbocycles. The third-order valence-corrected chi connectivity index (χ3v) is 14.9. The molecule has 0 radical (unpaired) electrons. The van der Waals surface area contributed by atoms with E-state index in [-0.39, 0.29) is 5.69 Å². The number of ether oxygens (including phenoxy) is 1. The molecule has 1 heterocycles. The summed E-state index contributed by atoms with van der Waals surface area (Å²) in [6.45, 7) is 0. The number of hydrogen-bond donors (Lipinski definition) is 0. The van der Waals surface area contributed by atoms with Gasteiger partial charge in [-0.2, -0.15) is 0 Å². The molecule has 0 aliphatic carbocycles. The van der Waals surface area contributed by atoms with Gasteiger partial charge >= 0.3 is 212 Å². The van der Waals surface area contributed by atoms with Crippen molar-refractivity contribution in [3.63, 3.8) is 0 Å². The molecule has 0 bridgehead atoms. The number of aliphatic imine (C=N–C) groups is 1. The molecule has 0 N–H and O–H groups in total. The third kappa shape index (κ3) is 4.42. The molecule has 0 saturated carbocycles. The van der Waals surface area contributed by atoms with Crippen LogP contribution in [0.1, 0.15) is 15.9 Å². The Bertz CT molecular complexity index is 1440. The first kappa shape index (κ1) is 23.6. The van der Waals surface area contributed by atoms with Gasteiger partial charge in [0, 0.05) is 0 Å². The number of non-ortho nitro benzene ring substituents is 1. The number of esters is 1. The van der Waals surface area contributed by atoms with Gasteiger partial charge in [0.2, 0.25) is 0 Å². The standard InChI is InChI=1S/C15H12N2O6.2C6H5.Sn/c1-23-15(20)9-2-4-14(19)12(7-9)16-8-10-6-11(17(21)22)3-5-13(10)18;2*1-2-4-6-5-3-1;/h2-8,18-19H,1H3;2*1-5H;/q;;;+2/p-2. The average Bonchev–Trinajstić information content (AvgIpc) is 2.99. The van der Waals surface area contributed by atoms with Gasteiger partial charge in [-0.1, -0.05) is 0 Å². The molecule has 9 heteroatoms. The first-order valence-corrected chi connectivity index (χ1v) is 16.2. The minimum atomic E-state index is -4.56. The van der Waals surface area contributed by atoms with E-state index in [9.17, 15) is 14.9 Å². The number of nitrogens with zero attached hydrogens (tertiary/aromatic N) is 2. The summed E-state index contributed by atoms with van der Waals surface area (Å²) in [5, 5.41) is 11.5. The molecule has 1 aliphatic rings. The fraction of sp³-hybridized carbons (Fsp3) is 0.0370. The number of fused-ring (bicyclic) bond motifs is 2. The van der Waals surface area contributed by atoms with Crippen LogP contribution in [-0.2, 0) is 4.74 Å². The number of nitro benzene ring substituents is 1. The molecular formula is C27H20N2O6Sn. The van der Waals surface area contributed by atoms with Gasteiger partial charge in [-0.05, 0) is 0 Å². The van der Waals surface area contributed by atoms with E-state index < -0.39 is 30.1 Å². The molecule has 36 heavy (non-hydrogen) atoms. The van der Waals surface area contributed by atoms with Crippen molar-refractivity contribution in [2.45, 2.75) is 0 Å². The second-order valence-corrected chi connectivity index (χ2v) is 15.9. The van der Waals surface area contributed by atoms with E-state index in [1.807, 2.05) is 60.7 Å². The number of methoxy groups -OCH3 is 1. The number of carbonyl (C=O) groups is 1. The quantitative estimate of drug-likeness (QED) is 0.154. The van der Waals surface area contributed by atoms with Crippen LogP contribution in [-0.4, -0.2) is 43.4 Å². The van der Waals surface area contributed by atoms with Crippen LogP contribution < -0.4 is 13.3 Å². The summed E-state index contributed by atoms with van der Waals surface area (Å²) < 4.78 is 20.4. The van der Waals surface area contributed by atoms with Gasteiger partial charge in [0.05, 0.1) is 0 Å². The van der Waals surface area contributed by atoms with Crippen LogP contribution in [0.25, 0.3) is 0 Å². The van der Waals surface area contributed by atoms with E-state index in [2.05, 4.69) is 4.99 Å². The van der Waals surface area contributed by atoms with Crippen molar-refractivity contribution in [1.29, 1.82) is 0 Å². The molecule has 4 aromatic rings. The predicted molar refractivity (Wildman–Crippen MR) is 137 cm³/mol. The molecular weight excluding hydrogens is 567 g/mol. The summed E-state index contributed by atoms with van der Waals surface area (Å²) >= 11 is -4.56. The Morgan fingerprint density at radius 1 is 0.861 bits per heavy atom. The first-order chi connectivity index (χ1) is 17.5. The van der Waals surface area contributed by atoms with Crippen LogP contribution in [0.4, 0.5) is 11.4 Å². The molecule has 8 nitrogen and oxygen atoms in total. The van der Waals surface area contributed by atoms with Crippen LogP contribution in [0.15, 0.2) is 102 Å². The van der Waals surface area contributed by atoms with E-state index in [0.29, 0.717) is 28.3 Å². The van der Waals surface area contributed by atoms with E-state index in [1.165, 1.54) is 25.5 Å². The van der Waals surface area contributed by atoms with Crippen molar-refractivity contribution in [2.24, 2.45) is 4.99 Å². The second kappa shape index (κ2) is 9.82. The summed E-state index contributed by atoms with van der Waals surface area (Å²) in [6.07, 6.45) is 1.49. The molecule has 0 aromatic heterocycles. The predicted octanol–water partition coefficient (Wildman–Crippen LogP) is 4.16. The fourth-order valence-corrected chi connectivity index (χ4v) is 12.8. The number of carbonyl (C=O) groups excluding carboxylic acids is 1. The molecule has 0 saturated heterocycles. The van der Waals surface area contributed by atoms with Gasteiger partial charge in [0.25, 0.3) is 0 Å². The molecule has 0 unspecified atom stereocenters. The maximum atomic E-state index is 12.2. The Kier molecular flexibility index (Phi) is 6.43. The summed E-state index contributed by atoms with van der Waals surface area (Å²) in [4.78, 5) is 27.8. The van der Waals surface area contributed by atoms with Crippen LogP contribution in [0.2, 0.25) is 0 Å². The van der Waals surface area contributed by atoms with Gasteiger partial charge in [-0.25, -0.2) is 0 Å². The fourth-order valence-electron chi connectivity index (χ4n) is 3.98. The van der Waals surface area contributed by atoms with Crippen molar-refractivity contribution in [2.75, 3.05) is 7.11 Å². The number of rotatable bonds is 4. The average molecular weight is 587 g/mol. The summed E-state index contributed by atoms with van der Waals surface area (Å²) in [7, 11) is 1.30. The monoisotopic (exact) mass is 588 g/mol. The van der Waals surface area contributed by atoms with Crippen LogP contribution in [0.5, 0.6) is 11.5 Å². The SMILES string of the molecule is COC(=O)c1ccc2c(c1)N=Cc1cc([N+](=O)[O-])ccc1[O][Sn]([c]1ccccc1)([c]1ccccc1)[O]2. The van der Waals surface area contributed by atoms with E-state index >= 15 is 0 Å². The third-order valence-electron chi connectivity index (χ3n) is 5.74. The maximum absolute atomic E-state index is 12.2. The molecule has 0 atom stereocenters. The molecule has 0 fully saturated rings. The van der Waals surface area contributed by atoms with Crippen molar-refractivity contribution >= 4 is 49.9 Å². The molecule has 5 rings (SSSR count). The Morgan fingerprint density at radius 2 is 1.47 bits per heavy atom. The normalized spacial score (nSPS) is 13.5. The van der Waals surface area contributed by atoms with Crippen molar-refractivity contribution < 1.29 is 20.6 Å². The summed E-state index contributed by atoms with van der Waals surface area (Å²) in [6, 6.07) is 28.7. The van der Waals surface area contributed by atoms with Crippen molar-refractivity contribution in [1.82, 2.24) is 0 Å². The zero-order valence-corrected chi connectivity index (χ0v) is 22.0. The second-order valence-electron chi connectivity index (χ2n) is 7.96. The Morgan fingerprint density at radius 3 is 2.08 bits per heavy atom. The van der Waals surface area contributed by atoms with Gasteiger partial charge in [-0.3, -0.25) is 0 Å². The topological polar surface area (TPSA) is 100 Å². The molecule has 1 aliphatic heterocycles. The van der Waals surface area contributed by atoms with E-state index in [4.69, 9.17) is 10.9 Å². The van der Waals surface area contributed by atoms with E-state index in [0.717, 1.165) is 7.16 Å². The Labute approximate surface area is 211 Å². The zero-order chi connectivity index (χ0) is 25.1. The first-order valence-electron chi connectivity index (χ1n) is 11.0. The van der Waals surface area contributed by atoms with Gasteiger partial charge in [0.1, 0.15) is 0 Å². The molecule has 178 valence electrons. The van der Waals surface area contributed by atoms with E-state index in [1.54, 1.807) is 24.3 Å². The van der Waals surface area contributed by atoms with Gasteiger partial charge in [0.15, 0.2) is 0 Å². The van der Waals surface area contributed by atoms with Crippen molar-refractivity contribution in [3.05, 3.63) is 118 Å².